The maximum Gasteiger partial charge on any atom is 0.252 e. The summed E-state index contributed by atoms with van der Waals surface area (Å²) in [4.78, 5) is 25.0. The first-order chi connectivity index (χ1) is 14.3. The van der Waals surface area contributed by atoms with Crippen LogP contribution in [0.2, 0.25) is 0 Å². The smallest absolute Gasteiger partial charge is 0.252 e. The number of rotatable bonds is 7. The van der Waals surface area contributed by atoms with Gasteiger partial charge in [0.05, 0.1) is 22.5 Å². The molecule has 2 aromatic heterocycles. The molecule has 1 saturated heterocycles. The summed E-state index contributed by atoms with van der Waals surface area (Å²) in [5.41, 5.74) is 4.74. The number of thioether (sulfide) groups is 1. The number of benzene rings is 1. The lowest BCUT2D eigenvalue weighted by Gasteiger charge is -2.32. The quantitative estimate of drug-likeness (QED) is 0.576. The molecule has 4 rings (SSSR count). The molecule has 1 aliphatic rings. The first-order valence-electron chi connectivity index (χ1n) is 9.80. The Morgan fingerprint density at radius 2 is 1.93 bits per heavy atom. The lowest BCUT2D eigenvalue weighted by Crippen LogP contribution is -2.44. The first kappa shape index (κ1) is 20.1. The van der Waals surface area contributed by atoms with E-state index in [0.29, 0.717) is 0 Å². The highest BCUT2D eigenvalue weighted by atomic mass is 32.2. The van der Waals surface area contributed by atoms with Crippen LogP contribution in [0, 0.1) is 0 Å². The zero-order valence-electron chi connectivity index (χ0n) is 16.2. The van der Waals surface area contributed by atoms with E-state index in [4.69, 9.17) is 0 Å². The van der Waals surface area contributed by atoms with E-state index in [-0.39, 0.29) is 11.9 Å². The second kappa shape index (κ2) is 10.0. The fourth-order valence-corrected chi connectivity index (χ4v) is 5.08. The maximum absolute atomic E-state index is 12.9. The predicted molar refractivity (Wildman–Crippen MR) is 118 cm³/mol. The van der Waals surface area contributed by atoms with Crippen LogP contribution in [0.25, 0.3) is 0 Å². The highest BCUT2D eigenvalue weighted by Gasteiger charge is 2.22. The number of pyridine rings is 1. The minimum Gasteiger partial charge on any atom is -0.349 e. The lowest BCUT2D eigenvalue weighted by molar-refractivity contribution is 0.0905. The maximum atomic E-state index is 12.9. The molecule has 0 bridgehead atoms. The second-order valence-corrected chi connectivity index (χ2v) is 8.85. The molecule has 0 saturated carbocycles. The number of carbonyl (C=O) groups excluding carboxylic acids is 1. The number of piperidine rings is 1. The number of hydrogen-bond donors (Lipinski definition) is 1. The van der Waals surface area contributed by atoms with Crippen molar-refractivity contribution >= 4 is 29.0 Å². The van der Waals surface area contributed by atoms with Gasteiger partial charge < -0.3 is 5.32 Å². The van der Waals surface area contributed by atoms with Gasteiger partial charge in [-0.25, -0.2) is 4.98 Å². The van der Waals surface area contributed by atoms with Crippen LogP contribution in [0.3, 0.4) is 0 Å². The summed E-state index contributed by atoms with van der Waals surface area (Å²) < 4.78 is 0. The van der Waals surface area contributed by atoms with Gasteiger partial charge in [-0.15, -0.1) is 23.1 Å². The normalized spacial score (nSPS) is 15.3. The average molecular weight is 425 g/mol. The molecular formula is C22H24N4OS2. The van der Waals surface area contributed by atoms with Gasteiger partial charge in [-0.2, -0.15) is 0 Å². The third-order valence-corrected chi connectivity index (χ3v) is 6.77. The van der Waals surface area contributed by atoms with E-state index >= 15 is 0 Å². The molecule has 1 aromatic carbocycles. The zero-order chi connectivity index (χ0) is 19.9. The minimum absolute atomic E-state index is 0.0227. The Morgan fingerprint density at radius 3 is 2.69 bits per heavy atom. The lowest BCUT2D eigenvalue weighted by atomic mass is 10.0. The van der Waals surface area contributed by atoms with Crippen molar-refractivity contribution in [3.63, 3.8) is 0 Å². The van der Waals surface area contributed by atoms with Gasteiger partial charge in [0, 0.05) is 47.9 Å². The molecule has 1 N–H and O–H groups in total. The first-order valence-corrected chi connectivity index (χ1v) is 11.7. The zero-order valence-corrected chi connectivity index (χ0v) is 17.8. The van der Waals surface area contributed by atoms with Gasteiger partial charge in [-0.05, 0) is 37.1 Å². The predicted octanol–water partition coefficient (Wildman–Crippen LogP) is 4.22. The van der Waals surface area contributed by atoms with Gasteiger partial charge in [0.2, 0.25) is 0 Å². The summed E-state index contributed by atoms with van der Waals surface area (Å²) in [6, 6.07) is 14.1. The fourth-order valence-electron chi connectivity index (χ4n) is 3.46. The van der Waals surface area contributed by atoms with Crippen LogP contribution in [0.5, 0.6) is 0 Å². The molecule has 1 amide bonds. The van der Waals surface area contributed by atoms with E-state index in [9.17, 15) is 4.79 Å². The summed E-state index contributed by atoms with van der Waals surface area (Å²) in [5, 5.41) is 5.30. The molecule has 0 unspecified atom stereocenters. The van der Waals surface area contributed by atoms with Crippen molar-refractivity contribution in [2.75, 3.05) is 13.1 Å². The summed E-state index contributed by atoms with van der Waals surface area (Å²) in [7, 11) is 0. The van der Waals surface area contributed by atoms with E-state index in [1.54, 1.807) is 23.1 Å². The van der Waals surface area contributed by atoms with Crippen LogP contribution in [-0.2, 0) is 12.3 Å². The third kappa shape index (κ3) is 5.65. The van der Waals surface area contributed by atoms with Gasteiger partial charge in [0.25, 0.3) is 5.91 Å². The molecule has 0 aliphatic carbocycles. The van der Waals surface area contributed by atoms with Gasteiger partial charge in [0.15, 0.2) is 0 Å². The monoisotopic (exact) mass is 424 g/mol. The van der Waals surface area contributed by atoms with Crippen LogP contribution < -0.4 is 5.32 Å². The number of nitrogens with one attached hydrogen (secondary N) is 1. The van der Waals surface area contributed by atoms with Gasteiger partial charge in [-0.3, -0.25) is 14.7 Å². The van der Waals surface area contributed by atoms with Crippen LogP contribution in [0.1, 0.15) is 34.6 Å². The highest BCUT2D eigenvalue weighted by molar-refractivity contribution is 7.98. The van der Waals surface area contributed by atoms with Crippen LogP contribution >= 0.6 is 23.1 Å². The van der Waals surface area contributed by atoms with E-state index in [2.05, 4.69) is 31.6 Å². The van der Waals surface area contributed by atoms with Crippen molar-refractivity contribution in [2.45, 2.75) is 36.1 Å². The number of likely N-dealkylation sites (tertiary alicyclic amines) is 1. The van der Waals surface area contributed by atoms with Crippen molar-refractivity contribution in [3.05, 3.63) is 76.5 Å². The Bertz CT molecular complexity index is 910. The van der Waals surface area contributed by atoms with Gasteiger partial charge in [-0.1, -0.05) is 18.2 Å². The van der Waals surface area contributed by atoms with Gasteiger partial charge in [0.1, 0.15) is 0 Å². The van der Waals surface area contributed by atoms with Gasteiger partial charge >= 0.3 is 0 Å². The van der Waals surface area contributed by atoms with Crippen LogP contribution in [0.15, 0.2) is 64.4 Å². The topological polar surface area (TPSA) is 58.1 Å². The van der Waals surface area contributed by atoms with E-state index in [1.165, 1.54) is 0 Å². The highest BCUT2D eigenvalue weighted by Crippen LogP contribution is 2.26. The van der Waals surface area contributed by atoms with E-state index < -0.39 is 0 Å². The molecule has 3 aromatic rings. The minimum atomic E-state index is 0.0227. The summed E-state index contributed by atoms with van der Waals surface area (Å²) in [6.07, 6.45) is 3.77. The molecule has 5 nitrogen and oxygen atoms in total. The standard InChI is InChI=1S/C22H24N4OS2/c27-22(20-6-1-2-7-21(20)29-15-19-14-28-16-24-19)25-17-8-11-26(12-9-17)13-18-5-3-4-10-23-18/h1-7,10,14,16-17H,8-9,11-13,15H2,(H,25,27). The number of amides is 1. The third-order valence-electron chi connectivity index (χ3n) is 5.03. The SMILES string of the molecule is O=C(NC1CCN(Cc2ccccn2)CC1)c1ccccc1SCc1cscn1. The number of nitrogens with zero attached hydrogens (tertiary/aromatic N) is 3. The van der Waals surface area contributed by atoms with Crippen LogP contribution in [0.4, 0.5) is 0 Å². The second-order valence-electron chi connectivity index (χ2n) is 7.11. The number of carbonyl (C=O) groups is 1. The largest absolute Gasteiger partial charge is 0.349 e. The molecule has 29 heavy (non-hydrogen) atoms. The average Bonchev–Trinajstić information content (AvgIpc) is 3.28. The molecule has 150 valence electrons. The fraction of sp³-hybridized carbons (Fsp3) is 0.318. The molecular weight excluding hydrogens is 400 g/mol. The Labute approximate surface area is 179 Å². The molecule has 7 heteroatoms. The Balaban J connectivity index is 1.30. The molecule has 1 aliphatic heterocycles. The van der Waals surface area contributed by atoms with Crippen molar-refractivity contribution in [1.29, 1.82) is 0 Å². The van der Waals surface area contributed by atoms with Crippen LogP contribution in [-0.4, -0.2) is 39.9 Å². The summed E-state index contributed by atoms with van der Waals surface area (Å²) in [6.45, 7) is 2.82. The van der Waals surface area contributed by atoms with Crippen molar-refractivity contribution in [3.8, 4) is 0 Å². The Morgan fingerprint density at radius 1 is 1.10 bits per heavy atom. The van der Waals surface area contributed by atoms with Crippen molar-refractivity contribution in [1.82, 2.24) is 20.2 Å². The molecule has 0 spiro atoms. The Hall–Kier alpha value is -2.22. The van der Waals surface area contributed by atoms with Crippen molar-refractivity contribution < 1.29 is 4.79 Å². The summed E-state index contributed by atoms with van der Waals surface area (Å²) >= 11 is 3.26. The Kier molecular flexibility index (Phi) is 6.92. The molecule has 0 radical (unpaired) electrons. The van der Waals surface area contributed by atoms with E-state index in [0.717, 1.165) is 60.1 Å². The van der Waals surface area contributed by atoms with E-state index in [1.807, 2.05) is 48.1 Å². The number of hydrogen-bond acceptors (Lipinski definition) is 6. The molecule has 1 fully saturated rings. The molecule has 3 heterocycles. The molecule has 0 atom stereocenters. The van der Waals surface area contributed by atoms with Crippen molar-refractivity contribution in [2.24, 2.45) is 0 Å². The number of thiazole rings is 1. The summed E-state index contributed by atoms with van der Waals surface area (Å²) in [5.74, 6) is 0.800. The number of aromatic nitrogens is 2.